The Bertz CT molecular complexity index is 398. The highest BCUT2D eigenvalue weighted by Crippen LogP contribution is 2.42. The zero-order chi connectivity index (χ0) is 13.2. The monoisotopic (exact) mass is 247 g/mol. The average molecular weight is 247 g/mol. The number of rotatable bonds is 4. The number of ether oxygens (including phenoxy) is 1. The van der Waals surface area contributed by atoms with E-state index in [1.807, 2.05) is 6.07 Å². The molecule has 0 bridgehead atoms. The van der Waals surface area contributed by atoms with Crippen molar-refractivity contribution in [3.05, 3.63) is 29.8 Å². The van der Waals surface area contributed by atoms with E-state index < -0.39 is 0 Å². The van der Waals surface area contributed by atoms with Gasteiger partial charge in [0.15, 0.2) is 0 Å². The summed E-state index contributed by atoms with van der Waals surface area (Å²) in [7, 11) is 0. The Balaban J connectivity index is 2.11. The Kier molecular flexibility index (Phi) is 3.96. The summed E-state index contributed by atoms with van der Waals surface area (Å²) >= 11 is 0. The van der Waals surface area contributed by atoms with Gasteiger partial charge in [0.2, 0.25) is 0 Å². The van der Waals surface area contributed by atoms with Crippen LogP contribution in [0.15, 0.2) is 24.3 Å². The number of fused-ring (bicyclic) bond motifs is 1. The number of nitrogens with two attached hydrogens (primary N) is 1. The second-order valence-corrected chi connectivity index (χ2v) is 6.42. The fraction of sp³-hybridized carbons (Fsp3) is 0.625. The molecule has 1 aliphatic heterocycles. The van der Waals surface area contributed by atoms with Gasteiger partial charge in [0.05, 0.1) is 6.61 Å². The largest absolute Gasteiger partial charge is 0.493 e. The first-order chi connectivity index (χ1) is 8.48. The summed E-state index contributed by atoms with van der Waals surface area (Å²) in [5.74, 6) is 1.69. The summed E-state index contributed by atoms with van der Waals surface area (Å²) in [4.78, 5) is 0. The number of hydrogen-bond donors (Lipinski definition) is 1. The highest BCUT2D eigenvalue weighted by molar-refractivity contribution is 5.37. The van der Waals surface area contributed by atoms with Gasteiger partial charge in [-0.25, -0.2) is 0 Å². The van der Waals surface area contributed by atoms with E-state index in [0.717, 1.165) is 25.2 Å². The van der Waals surface area contributed by atoms with Gasteiger partial charge in [-0.1, -0.05) is 32.0 Å². The van der Waals surface area contributed by atoms with Crippen LogP contribution < -0.4 is 10.5 Å². The molecule has 0 saturated heterocycles. The molecule has 2 heteroatoms. The Hall–Kier alpha value is -1.02. The van der Waals surface area contributed by atoms with Crippen LogP contribution >= 0.6 is 0 Å². The highest BCUT2D eigenvalue weighted by atomic mass is 16.5. The van der Waals surface area contributed by atoms with Crippen LogP contribution in [-0.2, 0) is 0 Å². The molecule has 2 atom stereocenters. The highest BCUT2D eigenvalue weighted by Gasteiger charge is 2.28. The molecule has 1 heterocycles. The fourth-order valence-corrected chi connectivity index (χ4v) is 3.25. The zero-order valence-electron chi connectivity index (χ0n) is 11.8. The third-order valence-corrected chi connectivity index (χ3v) is 3.76. The van der Waals surface area contributed by atoms with Crippen LogP contribution in [0.4, 0.5) is 0 Å². The SMILES string of the molecule is CC(N)CC(C)(C)CC1CCOc2ccccc21. The summed E-state index contributed by atoms with van der Waals surface area (Å²) < 4.78 is 5.72. The molecule has 0 aromatic heterocycles. The lowest BCUT2D eigenvalue weighted by Gasteiger charge is -2.34. The molecule has 2 rings (SSSR count). The van der Waals surface area contributed by atoms with Crippen molar-refractivity contribution in [3.63, 3.8) is 0 Å². The standard InChI is InChI=1S/C16H25NO/c1-12(17)10-16(2,3)11-13-8-9-18-15-7-5-4-6-14(13)15/h4-7,12-13H,8-11,17H2,1-3H3. The van der Waals surface area contributed by atoms with E-state index in [1.165, 1.54) is 12.0 Å². The third-order valence-electron chi connectivity index (χ3n) is 3.76. The molecule has 2 unspecified atom stereocenters. The van der Waals surface area contributed by atoms with Crippen LogP contribution in [-0.4, -0.2) is 12.6 Å². The molecule has 0 radical (unpaired) electrons. The van der Waals surface area contributed by atoms with Crippen molar-refractivity contribution in [2.24, 2.45) is 11.1 Å². The maximum Gasteiger partial charge on any atom is 0.122 e. The summed E-state index contributed by atoms with van der Waals surface area (Å²) in [6.45, 7) is 7.60. The molecule has 18 heavy (non-hydrogen) atoms. The number of hydrogen-bond acceptors (Lipinski definition) is 2. The lowest BCUT2D eigenvalue weighted by molar-refractivity contribution is 0.211. The molecular formula is C16H25NO. The maximum atomic E-state index is 5.95. The first kappa shape index (κ1) is 13.4. The minimum Gasteiger partial charge on any atom is -0.493 e. The van der Waals surface area contributed by atoms with Gasteiger partial charge in [0.1, 0.15) is 5.75 Å². The average Bonchev–Trinajstić information content (AvgIpc) is 2.27. The van der Waals surface area contributed by atoms with Gasteiger partial charge in [-0.2, -0.15) is 0 Å². The molecule has 0 aliphatic carbocycles. The van der Waals surface area contributed by atoms with Crippen LogP contribution in [0.5, 0.6) is 5.75 Å². The van der Waals surface area contributed by atoms with E-state index in [4.69, 9.17) is 10.5 Å². The zero-order valence-corrected chi connectivity index (χ0v) is 11.8. The maximum absolute atomic E-state index is 5.95. The Morgan fingerprint density at radius 3 is 2.83 bits per heavy atom. The van der Waals surface area contributed by atoms with Crippen LogP contribution in [0.3, 0.4) is 0 Å². The topological polar surface area (TPSA) is 35.2 Å². The molecule has 2 nitrogen and oxygen atoms in total. The first-order valence-electron chi connectivity index (χ1n) is 6.95. The van der Waals surface area contributed by atoms with E-state index in [9.17, 15) is 0 Å². The predicted molar refractivity (Wildman–Crippen MR) is 76.0 cm³/mol. The minimum atomic E-state index is 0.273. The number of benzene rings is 1. The van der Waals surface area contributed by atoms with Gasteiger partial charge < -0.3 is 10.5 Å². The predicted octanol–water partition coefficient (Wildman–Crippen LogP) is 3.71. The van der Waals surface area contributed by atoms with Crippen LogP contribution in [0.1, 0.15) is 51.5 Å². The molecule has 1 aliphatic rings. The molecule has 1 aromatic rings. The van der Waals surface area contributed by atoms with Crippen LogP contribution in [0.2, 0.25) is 0 Å². The van der Waals surface area contributed by atoms with E-state index in [1.54, 1.807) is 0 Å². The van der Waals surface area contributed by atoms with Crippen LogP contribution in [0, 0.1) is 5.41 Å². The van der Waals surface area contributed by atoms with E-state index >= 15 is 0 Å². The normalized spacial score (nSPS) is 21.0. The third kappa shape index (κ3) is 3.26. The fourth-order valence-electron chi connectivity index (χ4n) is 3.25. The van der Waals surface area contributed by atoms with E-state index in [0.29, 0.717) is 11.3 Å². The summed E-state index contributed by atoms with van der Waals surface area (Å²) in [5, 5.41) is 0. The second-order valence-electron chi connectivity index (χ2n) is 6.42. The Morgan fingerprint density at radius 1 is 1.39 bits per heavy atom. The van der Waals surface area contributed by atoms with Gasteiger partial charge in [-0.3, -0.25) is 0 Å². The van der Waals surface area contributed by atoms with Crippen molar-refractivity contribution in [1.82, 2.24) is 0 Å². The molecule has 100 valence electrons. The van der Waals surface area contributed by atoms with E-state index in [-0.39, 0.29) is 6.04 Å². The van der Waals surface area contributed by atoms with Gasteiger partial charge in [-0.05, 0) is 49.1 Å². The molecule has 0 saturated carbocycles. The van der Waals surface area contributed by atoms with E-state index in [2.05, 4.69) is 39.0 Å². The molecule has 0 spiro atoms. The Morgan fingerprint density at radius 2 is 2.11 bits per heavy atom. The van der Waals surface area contributed by atoms with Gasteiger partial charge in [0, 0.05) is 6.04 Å². The summed E-state index contributed by atoms with van der Waals surface area (Å²) in [6.07, 6.45) is 3.39. The van der Waals surface area contributed by atoms with Crippen molar-refractivity contribution in [1.29, 1.82) is 0 Å². The first-order valence-corrected chi connectivity index (χ1v) is 6.95. The van der Waals surface area contributed by atoms with Crippen molar-refractivity contribution >= 4 is 0 Å². The quantitative estimate of drug-likeness (QED) is 0.880. The minimum absolute atomic E-state index is 0.273. The van der Waals surface area contributed by atoms with Crippen molar-refractivity contribution < 1.29 is 4.74 Å². The van der Waals surface area contributed by atoms with Crippen molar-refractivity contribution in [3.8, 4) is 5.75 Å². The van der Waals surface area contributed by atoms with Crippen molar-refractivity contribution in [2.75, 3.05) is 6.61 Å². The molecule has 0 fully saturated rings. The van der Waals surface area contributed by atoms with Crippen molar-refractivity contribution in [2.45, 2.75) is 52.0 Å². The molecular weight excluding hydrogens is 222 g/mol. The lowest BCUT2D eigenvalue weighted by Crippen LogP contribution is -2.28. The lowest BCUT2D eigenvalue weighted by atomic mass is 9.75. The molecule has 2 N–H and O–H groups in total. The van der Waals surface area contributed by atoms with Gasteiger partial charge in [-0.15, -0.1) is 0 Å². The number of para-hydroxylation sites is 1. The molecule has 1 aromatic carbocycles. The Labute approximate surface area is 111 Å². The van der Waals surface area contributed by atoms with Crippen LogP contribution in [0.25, 0.3) is 0 Å². The van der Waals surface area contributed by atoms with Gasteiger partial charge >= 0.3 is 0 Å². The summed E-state index contributed by atoms with van der Waals surface area (Å²) in [6, 6.07) is 8.73. The summed E-state index contributed by atoms with van der Waals surface area (Å²) in [5.41, 5.74) is 7.62. The second kappa shape index (κ2) is 5.31. The molecule has 0 amide bonds. The smallest absolute Gasteiger partial charge is 0.122 e. The van der Waals surface area contributed by atoms with Gasteiger partial charge in [0.25, 0.3) is 0 Å².